The summed E-state index contributed by atoms with van der Waals surface area (Å²) >= 11 is 0. The lowest BCUT2D eigenvalue weighted by molar-refractivity contribution is -0.141. The van der Waals surface area contributed by atoms with Crippen LogP contribution >= 0.6 is 0 Å². The molecule has 2 aromatic carbocycles. The third-order valence-corrected chi connectivity index (χ3v) is 5.59. The summed E-state index contributed by atoms with van der Waals surface area (Å²) in [6.45, 7) is 10.5. The van der Waals surface area contributed by atoms with E-state index in [1.165, 1.54) is 0 Å². The van der Waals surface area contributed by atoms with Crippen LogP contribution in [0, 0.1) is 13.8 Å². The molecule has 0 aliphatic rings. The lowest BCUT2D eigenvalue weighted by atomic mass is 10.0. The van der Waals surface area contributed by atoms with Crippen molar-refractivity contribution >= 4 is 11.8 Å². The van der Waals surface area contributed by atoms with Gasteiger partial charge in [-0.05, 0) is 55.9 Å². The van der Waals surface area contributed by atoms with Gasteiger partial charge in [0.15, 0.2) is 0 Å². The minimum Gasteiger partial charge on any atom is -0.352 e. The monoisotopic (exact) mass is 394 g/mol. The van der Waals surface area contributed by atoms with Crippen molar-refractivity contribution in [1.82, 2.24) is 10.2 Å². The Morgan fingerprint density at radius 1 is 0.897 bits per heavy atom. The number of aryl methyl sites for hydroxylation is 2. The number of nitrogens with one attached hydrogen (secondary N) is 1. The van der Waals surface area contributed by atoms with E-state index in [1.54, 1.807) is 4.90 Å². The number of carbonyl (C=O) groups excluding carboxylic acids is 2. The Hall–Kier alpha value is -2.62. The second-order valence-electron chi connectivity index (χ2n) is 7.79. The zero-order valence-electron chi connectivity index (χ0n) is 18.4. The number of hydrogen-bond acceptors (Lipinski definition) is 2. The van der Waals surface area contributed by atoms with Crippen molar-refractivity contribution < 1.29 is 9.59 Å². The SMILES string of the molecule is CCC(C)NC(=O)C(CC)N(Cc1ccccc1C)C(=O)Cc1ccccc1C. The van der Waals surface area contributed by atoms with E-state index in [2.05, 4.69) is 5.32 Å². The van der Waals surface area contributed by atoms with E-state index in [1.807, 2.05) is 83.1 Å². The lowest BCUT2D eigenvalue weighted by Crippen LogP contribution is -2.51. The first-order chi connectivity index (χ1) is 13.9. The van der Waals surface area contributed by atoms with E-state index in [9.17, 15) is 9.59 Å². The van der Waals surface area contributed by atoms with E-state index in [0.29, 0.717) is 19.4 Å². The minimum atomic E-state index is -0.486. The molecule has 156 valence electrons. The fourth-order valence-electron chi connectivity index (χ4n) is 3.40. The van der Waals surface area contributed by atoms with Gasteiger partial charge in [-0.2, -0.15) is 0 Å². The van der Waals surface area contributed by atoms with Crippen molar-refractivity contribution in [3.8, 4) is 0 Å². The summed E-state index contributed by atoms with van der Waals surface area (Å²) in [6.07, 6.45) is 1.73. The molecule has 0 radical (unpaired) electrons. The van der Waals surface area contributed by atoms with Gasteiger partial charge in [-0.3, -0.25) is 9.59 Å². The topological polar surface area (TPSA) is 49.4 Å². The normalized spacial score (nSPS) is 12.9. The first kappa shape index (κ1) is 22.7. The molecule has 1 N–H and O–H groups in total. The van der Waals surface area contributed by atoms with Crippen molar-refractivity contribution in [2.75, 3.05) is 0 Å². The molecular formula is C25H34N2O2. The van der Waals surface area contributed by atoms with Crippen LogP contribution in [0.5, 0.6) is 0 Å². The molecule has 0 bridgehead atoms. The standard InChI is InChI=1S/C25H34N2O2/c1-6-20(5)26-25(29)23(7-2)27(17-22-15-11-9-13-19(22)4)24(28)16-21-14-10-8-12-18(21)3/h8-15,20,23H,6-7,16-17H2,1-5H3,(H,26,29). The molecule has 0 aliphatic heterocycles. The van der Waals surface area contributed by atoms with Crippen LogP contribution in [0.1, 0.15) is 55.9 Å². The Kier molecular flexibility index (Phi) is 8.44. The Balaban J connectivity index is 2.33. The minimum absolute atomic E-state index is 0.0197. The average molecular weight is 395 g/mol. The van der Waals surface area contributed by atoms with Crippen LogP contribution in [-0.2, 0) is 22.6 Å². The second-order valence-corrected chi connectivity index (χ2v) is 7.79. The van der Waals surface area contributed by atoms with Gasteiger partial charge in [-0.15, -0.1) is 0 Å². The summed E-state index contributed by atoms with van der Waals surface area (Å²) in [5, 5.41) is 3.06. The quantitative estimate of drug-likeness (QED) is 0.677. The highest BCUT2D eigenvalue weighted by atomic mass is 16.2. The van der Waals surface area contributed by atoms with Crippen LogP contribution in [0.3, 0.4) is 0 Å². The van der Waals surface area contributed by atoms with Crippen LogP contribution in [0.25, 0.3) is 0 Å². The molecule has 0 saturated carbocycles. The Bertz CT molecular complexity index is 831. The van der Waals surface area contributed by atoms with Crippen molar-refractivity contribution in [3.63, 3.8) is 0 Å². The van der Waals surface area contributed by atoms with E-state index < -0.39 is 6.04 Å². The van der Waals surface area contributed by atoms with Gasteiger partial charge in [0.25, 0.3) is 0 Å². The highest BCUT2D eigenvalue weighted by molar-refractivity contribution is 5.88. The summed E-state index contributed by atoms with van der Waals surface area (Å²) in [5.74, 6) is -0.0951. The van der Waals surface area contributed by atoms with Gasteiger partial charge < -0.3 is 10.2 Å². The Morgan fingerprint density at radius 3 is 1.97 bits per heavy atom. The van der Waals surface area contributed by atoms with Crippen molar-refractivity contribution in [1.29, 1.82) is 0 Å². The summed E-state index contributed by atoms with van der Waals surface area (Å²) in [7, 11) is 0. The van der Waals surface area contributed by atoms with E-state index >= 15 is 0 Å². The number of rotatable bonds is 9. The maximum Gasteiger partial charge on any atom is 0.243 e. The van der Waals surface area contributed by atoms with Crippen molar-refractivity contribution in [2.24, 2.45) is 0 Å². The Labute approximate surface area is 175 Å². The van der Waals surface area contributed by atoms with Crippen LogP contribution in [0.15, 0.2) is 48.5 Å². The molecule has 0 aliphatic carbocycles. The molecule has 4 heteroatoms. The predicted octanol–water partition coefficient (Wildman–Crippen LogP) is 4.57. The molecule has 4 nitrogen and oxygen atoms in total. The number of amides is 2. The molecule has 2 unspecified atom stereocenters. The van der Waals surface area contributed by atoms with Gasteiger partial charge in [0.05, 0.1) is 6.42 Å². The molecular weight excluding hydrogens is 360 g/mol. The zero-order valence-corrected chi connectivity index (χ0v) is 18.4. The molecule has 2 amide bonds. The van der Waals surface area contributed by atoms with Crippen LogP contribution < -0.4 is 5.32 Å². The fourth-order valence-corrected chi connectivity index (χ4v) is 3.40. The average Bonchev–Trinajstić information content (AvgIpc) is 2.70. The third-order valence-electron chi connectivity index (χ3n) is 5.59. The number of hydrogen-bond donors (Lipinski definition) is 1. The van der Waals surface area contributed by atoms with Gasteiger partial charge in [0, 0.05) is 12.6 Å². The van der Waals surface area contributed by atoms with Crippen LogP contribution in [0.2, 0.25) is 0 Å². The van der Waals surface area contributed by atoms with Gasteiger partial charge in [0.2, 0.25) is 11.8 Å². The number of benzene rings is 2. The predicted molar refractivity (Wildman–Crippen MR) is 119 cm³/mol. The molecule has 2 rings (SSSR count). The zero-order chi connectivity index (χ0) is 21.4. The molecule has 0 aromatic heterocycles. The third kappa shape index (κ3) is 6.18. The van der Waals surface area contributed by atoms with Gasteiger partial charge in [-0.25, -0.2) is 0 Å². The molecule has 2 atom stereocenters. The van der Waals surface area contributed by atoms with Crippen molar-refractivity contribution in [3.05, 3.63) is 70.8 Å². The molecule has 0 fully saturated rings. The molecule has 2 aromatic rings. The lowest BCUT2D eigenvalue weighted by Gasteiger charge is -2.32. The van der Waals surface area contributed by atoms with Gasteiger partial charge in [0.1, 0.15) is 6.04 Å². The second kappa shape index (κ2) is 10.8. The summed E-state index contributed by atoms with van der Waals surface area (Å²) in [6, 6.07) is 15.6. The van der Waals surface area contributed by atoms with E-state index in [-0.39, 0.29) is 17.9 Å². The summed E-state index contributed by atoms with van der Waals surface area (Å²) in [5.41, 5.74) is 4.29. The molecule has 0 spiro atoms. The number of carbonyl (C=O) groups is 2. The highest BCUT2D eigenvalue weighted by Crippen LogP contribution is 2.18. The van der Waals surface area contributed by atoms with Gasteiger partial charge in [-0.1, -0.05) is 62.4 Å². The number of nitrogens with zero attached hydrogens (tertiary/aromatic N) is 1. The van der Waals surface area contributed by atoms with Crippen LogP contribution in [-0.4, -0.2) is 28.8 Å². The van der Waals surface area contributed by atoms with Crippen molar-refractivity contribution in [2.45, 2.75) is 72.5 Å². The fraction of sp³-hybridized carbons (Fsp3) is 0.440. The first-order valence-corrected chi connectivity index (χ1v) is 10.6. The summed E-state index contributed by atoms with van der Waals surface area (Å²) < 4.78 is 0. The molecule has 29 heavy (non-hydrogen) atoms. The molecule has 0 heterocycles. The van der Waals surface area contributed by atoms with E-state index in [0.717, 1.165) is 28.7 Å². The molecule has 0 saturated heterocycles. The Morgan fingerprint density at radius 2 is 1.45 bits per heavy atom. The smallest absolute Gasteiger partial charge is 0.243 e. The van der Waals surface area contributed by atoms with Crippen LogP contribution in [0.4, 0.5) is 0 Å². The van der Waals surface area contributed by atoms with E-state index in [4.69, 9.17) is 0 Å². The maximum atomic E-state index is 13.4. The first-order valence-electron chi connectivity index (χ1n) is 10.6. The maximum absolute atomic E-state index is 13.4. The largest absolute Gasteiger partial charge is 0.352 e. The summed E-state index contributed by atoms with van der Waals surface area (Å²) in [4.78, 5) is 28.1. The van der Waals surface area contributed by atoms with Gasteiger partial charge >= 0.3 is 0 Å². The highest BCUT2D eigenvalue weighted by Gasteiger charge is 2.29.